The number of hydrogen-bond acceptors (Lipinski definition) is 5. The molecule has 150 valence electrons. The Bertz CT molecular complexity index is 960. The van der Waals surface area contributed by atoms with Gasteiger partial charge in [-0.2, -0.15) is 0 Å². The summed E-state index contributed by atoms with van der Waals surface area (Å²) in [5.41, 5.74) is 0.777. The molecule has 0 amide bonds. The van der Waals surface area contributed by atoms with Crippen LogP contribution in [0.5, 0.6) is 0 Å². The van der Waals surface area contributed by atoms with Crippen molar-refractivity contribution >= 4 is 21.8 Å². The Hall–Kier alpha value is -2.51. The first-order valence-corrected chi connectivity index (χ1v) is 10.3. The summed E-state index contributed by atoms with van der Waals surface area (Å²) in [5, 5.41) is 0. The van der Waals surface area contributed by atoms with Crippen LogP contribution in [0.25, 0.3) is 0 Å². The molecule has 0 unspecified atom stereocenters. The zero-order valence-electron chi connectivity index (χ0n) is 16.5. The average Bonchev–Trinajstić information content (AvgIpc) is 2.64. The molecule has 6 nitrogen and oxygen atoms in total. The van der Waals surface area contributed by atoms with E-state index < -0.39 is 21.4 Å². The second-order valence-electron chi connectivity index (χ2n) is 7.54. The highest BCUT2D eigenvalue weighted by Crippen LogP contribution is 2.19. The van der Waals surface area contributed by atoms with Crippen molar-refractivity contribution in [1.29, 1.82) is 0 Å². The molecule has 28 heavy (non-hydrogen) atoms. The first-order chi connectivity index (χ1) is 13.0. The zero-order valence-corrected chi connectivity index (χ0v) is 17.3. The van der Waals surface area contributed by atoms with E-state index in [0.29, 0.717) is 5.56 Å². The molecule has 0 aliphatic rings. The smallest absolute Gasteiger partial charge is 0.338 e. The molecule has 2 aromatic carbocycles. The molecule has 0 aliphatic heterocycles. The first kappa shape index (κ1) is 21.8. The Morgan fingerprint density at radius 2 is 1.68 bits per heavy atom. The fraction of sp³-hybridized carbons (Fsp3) is 0.333. The topological polar surface area (TPSA) is 89.5 Å². The molecule has 0 spiro atoms. The number of esters is 1. The van der Waals surface area contributed by atoms with E-state index in [0.717, 1.165) is 5.56 Å². The molecule has 0 radical (unpaired) electrons. The van der Waals surface area contributed by atoms with Crippen molar-refractivity contribution < 1.29 is 22.7 Å². The Morgan fingerprint density at radius 1 is 1.04 bits per heavy atom. The molecule has 0 fully saturated rings. The molecule has 1 N–H and O–H groups in total. The Morgan fingerprint density at radius 3 is 2.29 bits per heavy atom. The second kappa shape index (κ2) is 8.67. The summed E-state index contributed by atoms with van der Waals surface area (Å²) >= 11 is 0. The molecule has 0 bridgehead atoms. The highest BCUT2D eigenvalue weighted by Gasteiger charge is 2.24. The minimum Gasteiger partial charge on any atom is -0.454 e. The molecule has 0 aliphatic carbocycles. The molecule has 0 aromatic heterocycles. The van der Waals surface area contributed by atoms with Gasteiger partial charge in [-0.25, -0.2) is 17.9 Å². The summed E-state index contributed by atoms with van der Waals surface area (Å²) in [6.07, 6.45) is 0. The van der Waals surface area contributed by atoms with E-state index in [1.807, 2.05) is 30.3 Å². The number of sulfonamides is 1. The number of ketones is 1. The van der Waals surface area contributed by atoms with Crippen molar-refractivity contribution in [3.8, 4) is 0 Å². The van der Waals surface area contributed by atoms with E-state index in [1.165, 1.54) is 12.1 Å². The monoisotopic (exact) mass is 403 g/mol. The molecular formula is C21H25NO5S. The maximum absolute atomic E-state index is 12.7. The van der Waals surface area contributed by atoms with Gasteiger partial charge in [-0.3, -0.25) is 4.79 Å². The summed E-state index contributed by atoms with van der Waals surface area (Å²) in [7, 11) is -3.82. The number of Topliss-reactive ketones (excluding diaryl/α,β-unsaturated/α-hetero) is 1. The van der Waals surface area contributed by atoms with E-state index in [9.17, 15) is 18.0 Å². The van der Waals surface area contributed by atoms with E-state index in [1.54, 1.807) is 33.8 Å². The van der Waals surface area contributed by atoms with Crippen molar-refractivity contribution in [2.75, 3.05) is 6.61 Å². The molecule has 2 aromatic rings. The van der Waals surface area contributed by atoms with Gasteiger partial charge in [0.1, 0.15) is 0 Å². The minimum atomic E-state index is -3.82. The van der Waals surface area contributed by atoms with E-state index in [4.69, 9.17) is 4.74 Å². The third kappa shape index (κ3) is 5.74. The van der Waals surface area contributed by atoms with Crippen LogP contribution in [-0.4, -0.2) is 26.8 Å². The molecule has 0 saturated carbocycles. The van der Waals surface area contributed by atoms with Crippen LogP contribution in [0.15, 0.2) is 53.4 Å². The fourth-order valence-corrected chi connectivity index (χ4v) is 3.59. The van der Waals surface area contributed by atoms with Gasteiger partial charge in [0.15, 0.2) is 12.4 Å². The third-order valence-corrected chi connectivity index (χ3v) is 5.74. The largest absolute Gasteiger partial charge is 0.454 e. The summed E-state index contributed by atoms with van der Waals surface area (Å²) in [6, 6.07) is 13.4. The number of nitrogens with one attached hydrogen (secondary N) is 1. The predicted molar refractivity (Wildman–Crippen MR) is 106 cm³/mol. The van der Waals surface area contributed by atoms with Crippen LogP contribution in [0, 0.1) is 12.3 Å². The standard InChI is InChI=1S/C21H25NO5S/c1-15-10-11-17(20(24)27-14-19(23)21(2,3)4)12-18(15)28(25,26)22-13-16-8-6-5-7-9-16/h5-12,22H,13-14H2,1-4H3. The molecule has 0 saturated heterocycles. The zero-order chi connectivity index (χ0) is 20.9. The van der Waals surface area contributed by atoms with Crippen LogP contribution < -0.4 is 4.72 Å². The van der Waals surface area contributed by atoms with Gasteiger partial charge in [0.2, 0.25) is 10.0 Å². The van der Waals surface area contributed by atoms with Crippen molar-refractivity contribution in [2.45, 2.75) is 39.1 Å². The van der Waals surface area contributed by atoms with Gasteiger partial charge in [0.05, 0.1) is 10.5 Å². The third-order valence-electron chi connectivity index (χ3n) is 4.19. The molecule has 0 heterocycles. The average molecular weight is 404 g/mol. The predicted octanol–water partition coefficient (Wildman–Crippen LogP) is 3.25. The Labute approximate surface area is 166 Å². The highest BCUT2D eigenvalue weighted by atomic mass is 32.2. The van der Waals surface area contributed by atoms with Crippen molar-refractivity contribution in [2.24, 2.45) is 5.41 Å². The van der Waals surface area contributed by atoms with Gasteiger partial charge in [-0.05, 0) is 30.2 Å². The first-order valence-electron chi connectivity index (χ1n) is 8.85. The number of benzene rings is 2. The number of carbonyl (C=O) groups excluding carboxylic acids is 2. The van der Waals surface area contributed by atoms with Crippen molar-refractivity contribution in [1.82, 2.24) is 4.72 Å². The lowest BCUT2D eigenvalue weighted by atomic mass is 9.91. The molecular weight excluding hydrogens is 378 g/mol. The maximum atomic E-state index is 12.7. The summed E-state index contributed by atoms with van der Waals surface area (Å²) in [6.45, 7) is 6.63. The number of rotatable bonds is 7. The van der Waals surface area contributed by atoms with Crippen LogP contribution in [0.3, 0.4) is 0 Å². The highest BCUT2D eigenvalue weighted by molar-refractivity contribution is 7.89. The van der Waals surface area contributed by atoms with E-state index in [-0.39, 0.29) is 29.4 Å². The second-order valence-corrected chi connectivity index (χ2v) is 9.28. The molecule has 0 atom stereocenters. The number of aryl methyl sites for hydroxylation is 1. The summed E-state index contributed by atoms with van der Waals surface area (Å²) in [4.78, 5) is 24.2. The molecule has 7 heteroatoms. The fourth-order valence-electron chi connectivity index (χ4n) is 2.30. The van der Waals surface area contributed by atoms with Gasteiger partial charge in [-0.1, -0.05) is 57.2 Å². The van der Waals surface area contributed by atoms with Crippen LogP contribution in [0.1, 0.15) is 42.3 Å². The number of ether oxygens (including phenoxy) is 1. The van der Waals surface area contributed by atoms with Gasteiger partial charge < -0.3 is 4.74 Å². The normalized spacial score (nSPS) is 11.9. The van der Waals surface area contributed by atoms with Crippen LogP contribution in [0.4, 0.5) is 0 Å². The minimum absolute atomic E-state index is 0.0000269. The SMILES string of the molecule is Cc1ccc(C(=O)OCC(=O)C(C)(C)C)cc1S(=O)(=O)NCc1ccccc1. The Balaban J connectivity index is 2.15. The van der Waals surface area contributed by atoms with Crippen molar-refractivity contribution in [3.05, 3.63) is 65.2 Å². The van der Waals surface area contributed by atoms with Crippen LogP contribution in [0.2, 0.25) is 0 Å². The number of hydrogen-bond donors (Lipinski definition) is 1. The Kier molecular flexibility index (Phi) is 6.74. The van der Waals surface area contributed by atoms with Crippen LogP contribution >= 0.6 is 0 Å². The van der Waals surface area contributed by atoms with Gasteiger partial charge in [-0.15, -0.1) is 0 Å². The maximum Gasteiger partial charge on any atom is 0.338 e. The van der Waals surface area contributed by atoms with E-state index >= 15 is 0 Å². The van der Waals surface area contributed by atoms with Gasteiger partial charge >= 0.3 is 5.97 Å². The van der Waals surface area contributed by atoms with E-state index in [2.05, 4.69) is 4.72 Å². The summed E-state index contributed by atoms with van der Waals surface area (Å²) < 4.78 is 32.9. The molecule has 2 rings (SSSR count). The van der Waals surface area contributed by atoms with Crippen LogP contribution in [-0.2, 0) is 26.1 Å². The quantitative estimate of drug-likeness (QED) is 0.717. The number of carbonyl (C=O) groups is 2. The van der Waals surface area contributed by atoms with Gasteiger partial charge in [0, 0.05) is 12.0 Å². The lowest BCUT2D eigenvalue weighted by molar-refractivity contribution is -0.129. The lowest BCUT2D eigenvalue weighted by Gasteiger charge is -2.16. The lowest BCUT2D eigenvalue weighted by Crippen LogP contribution is -2.27. The van der Waals surface area contributed by atoms with Crippen molar-refractivity contribution in [3.63, 3.8) is 0 Å². The van der Waals surface area contributed by atoms with Gasteiger partial charge in [0.25, 0.3) is 0 Å². The summed E-state index contributed by atoms with van der Waals surface area (Å²) in [5.74, 6) is -0.956.